The van der Waals surface area contributed by atoms with E-state index in [0.717, 1.165) is 0 Å². The molecule has 0 aromatic rings. The van der Waals surface area contributed by atoms with Crippen molar-refractivity contribution in [2.24, 2.45) is 0 Å². The normalized spacial score (nSPS) is 37.6. The first kappa shape index (κ1) is 13.5. The summed E-state index contributed by atoms with van der Waals surface area (Å²) in [6.07, 6.45) is 1.25. The van der Waals surface area contributed by atoms with Crippen LogP contribution in [0.4, 0.5) is 0 Å². The van der Waals surface area contributed by atoms with Crippen molar-refractivity contribution in [2.75, 3.05) is 0 Å². The molecule has 3 heteroatoms. The van der Waals surface area contributed by atoms with Crippen molar-refractivity contribution in [3.63, 3.8) is 0 Å². The molecule has 0 spiro atoms. The average molecular weight is 245 g/mol. The van der Waals surface area contributed by atoms with Gasteiger partial charge in [-0.3, -0.25) is 0 Å². The van der Waals surface area contributed by atoms with Crippen LogP contribution in [0.5, 0.6) is 0 Å². The number of rotatable bonds is 3. The molecule has 1 aliphatic heterocycles. The van der Waals surface area contributed by atoms with Crippen molar-refractivity contribution in [3.8, 4) is 0 Å². The molecule has 0 N–H and O–H groups in total. The molecule has 2 atom stereocenters. The van der Waals surface area contributed by atoms with Gasteiger partial charge in [-0.15, -0.1) is 0 Å². The minimum absolute atomic E-state index is 0.250. The number of hydrogen-bond donors (Lipinski definition) is 0. The quantitative estimate of drug-likeness (QED) is 0.668. The van der Waals surface area contributed by atoms with E-state index in [2.05, 4.69) is 53.9 Å². The third-order valence-electron chi connectivity index (χ3n) is 5.03. The second-order valence-electron chi connectivity index (χ2n) is 7.23. The van der Waals surface area contributed by atoms with E-state index in [4.69, 9.17) is 4.43 Å². The van der Waals surface area contributed by atoms with Crippen molar-refractivity contribution in [2.45, 2.75) is 76.6 Å². The molecular formula is C12H28OSi2. The van der Waals surface area contributed by atoms with Crippen LogP contribution in [0.2, 0.25) is 37.3 Å². The van der Waals surface area contributed by atoms with E-state index in [9.17, 15) is 0 Å². The van der Waals surface area contributed by atoms with Gasteiger partial charge in [0.2, 0.25) is 0 Å². The Balaban J connectivity index is 2.78. The molecule has 0 aliphatic carbocycles. The molecular weight excluding hydrogens is 216 g/mol. The summed E-state index contributed by atoms with van der Waals surface area (Å²) < 4.78 is 6.53. The smallest absolute Gasteiger partial charge is 0.198 e. The Kier molecular flexibility index (Phi) is 3.09. The van der Waals surface area contributed by atoms with Gasteiger partial charge in [-0.1, -0.05) is 46.8 Å². The lowest BCUT2D eigenvalue weighted by Gasteiger charge is -2.62. The molecule has 1 rings (SSSR count). The van der Waals surface area contributed by atoms with E-state index in [0.29, 0.717) is 5.04 Å². The first-order valence-corrected chi connectivity index (χ1v) is 12.3. The minimum Gasteiger partial charge on any atom is -0.414 e. The van der Waals surface area contributed by atoms with Gasteiger partial charge >= 0.3 is 0 Å². The molecule has 1 fully saturated rings. The Bertz CT molecular complexity index is 247. The van der Waals surface area contributed by atoms with Gasteiger partial charge in [0, 0.05) is 5.22 Å². The van der Waals surface area contributed by atoms with Gasteiger partial charge in [0.25, 0.3) is 0 Å². The second-order valence-corrected chi connectivity index (χ2v) is 17.2. The van der Waals surface area contributed by atoms with E-state index in [1.807, 2.05) is 0 Å². The van der Waals surface area contributed by atoms with E-state index >= 15 is 0 Å². The molecule has 1 saturated heterocycles. The van der Waals surface area contributed by atoms with Gasteiger partial charge in [-0.25, -0.2) is 0 Å². The Morgan fingerprint density at radius 1 is 1.33 bits per heavy atom. The van der Waals surface area contributed by atoms with Crippen LogP contribution in [0.1, 0.15) is 34.1 Å². The fourth-order valence-electron chi connectivity index (χ4n) is 2.30. The lowest BCUT2D eigenvalue weighted by atomic mass is 10.1. The van der Waals surface area contributed by atoms with Gasteiger partial charge in [0.05, 0.1) is 8.07 Å². The van der Waals surface area contributed by atoms with Crippen LogP contribution in [0.25, 0.3) is 0 Å². The van der Waals surface area contributed by atoms with E-state index in [1.165, 1.54) is 12.5 Å². The van der Waals surface area contributed by atoms with Crippen molar-refractivity contribution in [1.82, 2.24) is 0 Å². The fourth-order valence-corrected chi connectivity index (χ4v) is 11.1. The maximum absolute atomic E-state index is 6.53. The first-order chi connectivity index (χ1) is 6.47. The zero-order valence-electron chi connectivity index (χ0n) is 11.8. The van der Waals surface area contributed by atoms with Crippen LogP contribution in [-0.2, 0) is 4.43 Å². The largest absolute Gasteiger partial charge is 0.414 e. The standard InChI is InChI=1S/C12H28OSi2/c1-9-11(2,3)15(8)10-12(4,13-15)14(5,6)7/h9-10H2,1-8H3/t12-,15?/m0/s1. The summed E-state index contributed by atoms with van der Waals surface area (Å²) in [5.74, 6) is 0. The second kappa shape index (κ2) is 3.44. The Labute approximate surface area is 97.7 Å². The summed E-state index contributed by atoms with van der Waals surface area (Å²) in [6.45, 7) is 19.1. The SMILES string of the molecule is CCC(C)(C)[Si]1(C)C[C@](C)([Si](C)(C)C)O1. The van der Waals surface area contributed by atoms with Crippen LogP contribution >= 0.6 is 0 Å². The molecule has 1 nitrogen and oxygen atoms in total. The van der Waals surface area contributed by atoms with Crippen molar-refractivity contribution < 1.29 is 4.43 Å². The fraction of sp³-hybridized carbons (Fsp3) is 1.00. The van der Waals surface area contributed by atoms with Crippen LogP contribution in [0.15, 0.2) is 0 Å². The molecule has 0 aromatic heterocycles. The highest BCUT2D eigenvalue weighted by atomic mass is 28.4. The first-order valence-electron chi connectivity index (χ1n) is 6.18. The molecule has 0 bridgehead atoms. The molecule has 0 aromatic carbocycles. The molecule has 1 heterocycles. The van der Waals surface area contributed by atoms with Crippen molar-refractivity contribution >= 4 is 16.4 Å². The predicted molar refractivity (Wildman–Crippen MR) is 73.6 cm³/mol. The number of hydrogen-bond acceptors (Lipinski definition) is 1. The van der Waals surface area contributed by atoms with Gasteiger partial charge < -0.3 is 4.43 Å². The third-order valence-corrected chi connectivity index (χ3v) is 14.5. The predicted octanol–water partition coefficient (Wildman–Crippen LogP) is 4.42. The highest BCUT2D eigenvalue weighted by molar-refractivity contribution is 6.87. The summed E-state index contributed by atoms with van der Waals surface area (Å²) in [4.78, 5) is 0. The summed E-state index contributed by atoms with van der Waals surface area (Å²) >= 11 is 0. The van der Waals surface area contributed by atoms with Crippen LogP contribution in [0.3, 0.4) is 0 Å². The maximum Gasteiger partial charge on any atom is 0.198 e. The monoisotopic (exact) mass is 244 g/mol. The summed E-state index contributed by atoms with van der Waals surface area (Å²) in [5, 5.41) is 0.687. The molecule has 1 unspecified atom stereocenters. The minimum atomic E-state index is -1.43. The Morgan fingerprint density at radius 3 is 2.00 bits per heavy atom. The topological polar surface area (TPSA) is 9.23 Å². The van der Waals surface area contributed by atoms with Crippen LogP contribution < -0.4 is 0 Å². The zero-order valence-corrected chi connectivity index (χ0v) is 13.8. The Morgan fingerprint density at radius 2 is 1.73 bits per heavy atom. The molecule has 1 aliphatic rings. The van der Waals surface area contributed by atoms with Crippen LogP contribution in [0, 0.1) is 0 Å². The average Bonchev–Trinajstić information content (AvgIpc) is 1.99. The lowest BCUT2D eigenvalue weighted by Crippen LogP contribution is -2.72. The summed E-state index contributed by atoms with van der Waals surface area (Å²) in [5.41, 5.74) is 0. The third kappa shape index (κ3) is 1.98. The van der Waals surface area contributed by atoms with Crippen molar-refractivity contribution in [3.05, 3.63) is 0 Å². The molecule has 0 saturated carbocycles. The van der Waals surface area contributed by atoms with Gasteiger partial charge in [-0.2, -0.15) is 0 Å². The van der Waals surface area contributed by atoms with E-state index in [1.54, 1.807) is 0 Å². The highest BCUT2D eigenvalue weighted by Crippen LogP contribution is 2.56. The molecule has 15 heavy (non-hydrogen) atoms. The molecule has 0 radical (unpaired) electrons. The molecule has 0 amide bonds. The summed E-state index contributed by atoms with van der Waals surface area (Å²) in [7, 11) is -2.60. The molecule has 90 valence electrons. The van der Waals surface area contributed by atoms with Crippen LogP contribution in [-0.4, -0.2) is 21.6 Å². The van der Waals surface area contributed by atoms with Gasteiger partial charge in [0.1, 0.15) is 0 Å². The van der Waals surface area contributed by atoms with Gasteiger partial charge in [0.15, 0.2) is 8.32 Å². The lowest BCUT2D eigenvalue weighted by molar-refractivity contribution is 0.0898. The van der Waals surface area contributed by atoms with E-state index in [-0.39, 0.29) is 5.22 Å². The van der Waals surface area contributed by atoms with Crippen molar-refractivity contribution in [1.29, 1.82) is 0 Å². The Hall–Kier alpha value is 0.394. The summed E-state index contributed by atoms with van der Waals surface area (Å²) in [6, 6.07) is 1.37. The van der Waals surface area contributed by atoms with E-state index < -0.39 is 16.4 Å². The highest BCUT2D eigenvalue weighted by Gasteiger charge is 2.63. The maximum atomic E-state index is 6.53. The van der Waals surface area contributed by atoms with Gasteiger partial charge in [-0.05, 0) is 24.6 Å². The zero-order chi connectivity index (χ0) is 12.1.